The highest BCUT2D eigenvalue weighted by Crippen LogP contribution is 2.23. The van der Waals surface area contributed by atoms with Crippen LogP contribution in [0.2, 0.25) is 0 Å². The fraction of sp³-hybridized carbons (Fsp3) is 0.909. The van der Waals surface area contributed by atoms with E-state index < -0.39 is 0 Å². The van der Waals surface area contributed by atoms with Gasteiger partial charge in [-0.05, 0) is 12.8 Å². The van der Waals surface area contributed by atoms with Gasteiger partial charge in [-0.15, -0.1) is 0 Å². The van der Waals surface area contributed by atoms with E-state index in [1.807, 2.05) is 0 Å². The van der Waals surface area contributed by atoms with Crippen molar-refractivity contribution < 1.29 is 9.47 Å². The van der Waals surface area contributed by atoms with Gasteiger partial charge < -0.3 is 20.1 Å². The molecular weight excluding hydrogens is 206 g/mol. The molecule has 0 atom stereocenters. The highest BCUT2D eigenvalue weighted by molar-refractivity contribution is 5.92. The topological polar surface area (TPSA) is 54.9 Å². The van der Waals surface area contributed by atoms with E-state index in [0.29, 0.717) is 6.61 Å². The van der Waals surface area contributed by atoms with Gasteiger partial charge in [-0.25, -0.2) is 0 Å². The second-order valence-corrected chi connectivity index (χ2v) is 4.27. The number of aliphatic imine (C=N–C) groups is 1. The van der Waals surface area contributed by atoms with Crippen LogP contribution in [0.1, 0.15) is 12.8 Å². The summed E-state index contributed by atoms with van der Waals surface area (Å²) < 4.78 is 10.5. The van der Waals surface area contributed by atoms with Crippen LogP contribution < -0.4 is 10.6 Å². The monoisotopic (exact) mass is 227 g/mol. The Balaban J connectivity index is 1.97. The van der Waals surface area contributed by atoms with Crippen molar-refractivity contribution in [3.8, 4) is 0 Å². The van der Waals surface area contributed by atoms with Crippen LogP contribution in [0, 0.1) is 0 Å². The molecule has 2 rings (SSSR count). The summed E-state index contributed by atoms with van der Waals surface area (Å²) >= 11 is 0. The molecular formula is C11H21N3O2. The third-order valence-corrected chi connectivity index (χ3v) is 3.24. The van der Waals surface area contributed by atoms with Crippen LogP contribution in [0.15, 0.2) is 4.99 Å². The number of nitrogens with one attached hydrogen (secondary N) is 2. The summed E-state index contributed by atoms with van der Waals surface area (Å²) in [6.45, 7) is 4.99. The van der Waals surface area contributed by atoms with Gasteiger partial charge in [0.25, 0.3) is 0 Å². The van der Waals surface area contributed by atoms with Gasteiger partial charge in [-0.3, -0.25) is 4.99 Å². The molecule has 1 fully saturated rings. The van der Waals surface area contributed by atoms with Gasteiger partial charge in [0.05, 0.1) is 18.7 Å². The molecule has 0 aliphatic carbocycles. The van der Waals surface area contributed by atoms with Crippen molar-refractivity contribution in [3.63, 3.8) is 0 Å². The first-order valence-corrected chi connectivity index (χ1v) is 5.98. The minimum absolute atomic E-state index is 0.0320. The third-order valence-electron chi connectivity index (χ3n) is 3.24. The zero-order valence-electron chi connectivity index (χ0n) is 9.92. The molecule has 92 valence electrons. The maximum atomic E-state index is 5.42. The minimum atomic E-state index is 0.0320. The molecule has 1 spiro atoms. The average molecular weight is 227 g/mol. The molecule has 0 radical (unpaired) electrons. The van der Waals surface area contributed by atoms with Crippen molar-refractivity contribution in [3.05, 3.63) is 0 Å². The van der Waals surface area contributed by atoms with E-state index in [1.165, 1.54) is 0 Å². The number of nitrogens with zero attached hydrogens (tertiary/aromatic N) is 1. The van der Waals surface area contributed by atoms with E-state index in [1.54, 1.807) is 7.11 Å². The molecule has 0 aromatic heterocycles. The summed E-state index contributed by atoms with van der Waals surface area (Å²) in [7, 11) is 1.72. The summed E-state index contributed by atoms with van der Waals surface area (Å²) in [5, 5.41) is 6.99. The van der Waals surface area contributed by atoms with E-state index in [2.05, 4.69) is 15.6 Å². The first kappa shape index (κ1) is 11.8. The summed E-state index contributed by atoms with van der Waals surface area (Å²) in [6.07, 6.45) is 2.01. The molecule has 1 saturated heterocycles. The minimum Gasteiger partial charge on any atom is -0.383 e. The second-order valence-electron chi connectivity index (χ2n) is 4.27. The predicted octanol–water partition coefficient (Wildman–Crippen LogP) is -0.227. The number of ether oxygens (including phenoxy) is 2. The van der Waals surface area contributed by atoms with Gasteiger partial charge in [0.1, 0.15) is 5.84 Å². The Morgan fingerprint density at radius 3 is 3.06 bits per heavy atom. The van der Waals surface area contributed by atoms with Crippen LogP contribution in [-0.4, -0.2) is 57.9 Å². The van der Waals surface area contributed by atoms with Gasteiger partial charge in [-0.2, -0.15) is 0 Å². The number of rotatable bonds is 3. The van der Waals surface area contributed by atoms with Crippen LogP contribution in [0.4, 0.5) is 0 Å². The largest absolute Gasteiger partial charge is 0.383 e. The van der Waals surface area contributed by atoms with Crippen LogP contribution in [0.5, 0.6) is 0 Å². The molecule has 0 bridgehead atoms. The number of amidine groups is 1. The summed E-state index contributed by atoms with van der Waals surface area (Å²) in [5.74, 6) is 1.10. The van der Waals surface area contributed by atoms with Crippen LogP contribution >= 0.6 is 0 Å². The highest BCUT2D eigenvalue weighted by Gasteiger charge is 2.38. The Bertz CT molecular complexity index is 250. The van der Waals surface area contributed by atoms with E-state index in [4.69, 9.17) is 9.47 Å². The molecule has 5 heteroatoms. The number of methoxy groups -OCH3 is 1. The molecule has 16 heavy (non-hydrogen) atoms. The molecule has 2 aliphatic heterocycles. The van der Waals surface area contributed by atoms with Crippen molar-refractivity contribution in [2.24, 2.45) is 4.99 Å². The Morgan fingerprint density at radius 1 is 1.50 bits per heavy atom. The number of hydrogen-bond acceptors (Lipinski definition) is 5. The third kappa shape index (κ3) is 2.53. The molecule has 0 unspecified atom stereocenters. The van der Waals surface area contributed by atoms with Crippen LogP contribution in [0.25, 0.3) is 0 Å². The van der Waals surface area contributed by atoms with Crippen LogP contribution in [0.3, 0.4) is 0 Å². The van der Waals surface area contributed by atoms with E-state index in [0.717, 1.165) is 51.5 Å². The normalized spacial score (nSPS) is 24.2. The zero-order chi connectivity index (χ0) is 11.3. The fourth-order valence-corrected chi connectivity index (χ4v) is 2.33. The van der Waals surface area contributed by atoms with E-state index in [9.17, 15) is 0 Å². The fourth-order valence-electron chi connectivity index (χ4n) is 2.33. The molecule has 0 aromatic carbocycles. The Labute approximate surface area is 96.6 Å². The van der Waals surface area contributed by atoms with Gasteiger partial charge in [0, 0.05) is 33.4 Å². The van der Waals surface area contributed by atoms with Gasteiger partial charge in [0.15, 0.2) is 0 Å². The molecule has 0 saturated carbocycles. The maximum Gasteiger partial charge on any atom is 0.117 e. The van der Waals surface area contributed by atoms with Crippen molar-refractivity contribution in [1.82, 2.24) is 10.6 Å². The Morgan fingerprint density at radius 2 is 2.31 bits per heavy atom. The molecule has 5 nitrogen and oxygen atoms in total. The lowest BCUT2D eigenvalue weighted by Crippen LogP contribution is -2.62. The molecule has 2 aliphatic rings. The van der Waals surface area contributed by atoms with Crippen molar-refractivity contribution in [1.29, 1.82) is 0 Å². The zero-order valence-corrected chi connectivity index (χ0v) is 9.92. The van der Waals surface area contributed by atoms with Gasteiger partial charge >= 0.3 is 0 Å². The Hall–Kier alpha value is -0.650. The molecule has 2 heterocycles. The predicted molar refractivity (Wildman–Crippen MR) is 63.0 cm³/mol. The standard InChI is InChI=1S/C11H21N3O2/c1-15-9-6-13-10-11(14-5-4-12-10)2-7-16-8-3-11/h14H,2-9H2,1H3,(H,12,13). The maximum absolute atomic E-state index is 5.42. The quantitative estimate of drug-likeness (QED) is 0.654. The van der Waals surface area contributed by atoms with E-state index >= 15 is 0 Å². The first-order chi connectivity index (χ1) is 7.87. The molecule has 0 aromatic rings. The Kier molecular flexibility index (Phi) is 4.15. The van der Waals surface area contributed by atoms with Crippen molar-refractivity contribution in [2.75, 3.05) is 46.6 Å². The van der Waals surface area contributed by atoms with Crippen molar-refractivity contribution in [2.45, 2.75) is 18.4 Å². The van der Waals surface area contributed by atoms with E-state index in [-0.39, 0.29) is 5.54 Å². The number of hydrogen-bond donors (Lipinski definition) is 2. The lowest BCUT2D eigenvalue weighted by molar-refractivity contribution is 0.0594. The second kappa shape index (κ2) is 5.61. The lowest BCUT2D eigenvalue weighted by atomic mass is 9.87. The average Bonchev–Trinajstić information content (AvgIpc) is 2.33. The summed E-state index contributed by atoms with van der Waals surface area (Å²) in [6, 6.07) is 0. The molecule has 2 N–H and O–H groups in total. The SMILES string of the molecule is COCCNC1=NCCNC12CCOCC2. The van der Waals surface area contributed by atoms with Gasteiger partial charge in [-0.1, -0.05) is 0 Å². The first-order valence-electron chi connectivity index (χ1n) is 5.98. The van der Waals surface area contributed by atoms with Crippen molar-refractivity contribution >= 4 is 5.84 Å². The summed E-state index contributed by atoms with van der Waals surface area (Å²) in [5.41, 5.74) is 0.0320. The smallest absolute Gasteiger partial charge is 0.117 e. The van der Waals surface area contributed by atoms with Gasteiger partial charge in [0.2, 0.25) is 0 Å². The summed E-state index contributed by atoms with van der Waals surface area (Å²) in [4.78, 5) is 4.61. The molecule has 0 amide bonds. The lowest BCUT2D eigenvalue weighted by Gasteiger charge is -2.41. The van der Waals surface area contributed by atoms with Crippen LogP contribution in [-0.2, 0) is 9.47 Å². The highest BCUT2D eigenvalue weighted by atomic mass is 16.5.